The van der Waals surface area contributed by atoms with E-state index in [1.807, 2.05) is 6.92 Å². The Morgan fingerprint density at radius 3 is 2.78 bits per heavy atom. The maximum absolute atomic E-state index is 12.8. The van der Waals surface area contributed by atoms with Crippen LogP contribution in [-0.2, 0) is 0 Å². The van der Waals surface area contributed by atoms with Crippen LogP contribution in [-0.4, -0.2) is 18.0 Å². The highest BCUT2D eigenvalue weighted by Crippen LogP contribution is 2.42. The number of thiocarbonyl (C=S) groups is 1. The summed E-state index contributed by atoms with van der Waals surface area (Å²) in [5.41, 5.74) is 0.559. The van der Waals surface area contributed by atoms with Crippen LogP contribution in [0.1, 0.15) is 13.3 Å². The van der Waals surface area contributed by atoms with Gasteiger partial charge < -0.3 is 20.1 Å². The van der Waals surface area contributed by atoms with Gasteiger partial charge in [-0.2, -0.15) is 0 Å². The number of benzene rings is 1. The third-order valence-electron chi connectivity index (χ3n) is 2.19. The van der Waals surface area contributed by atoms with E-state index >= 15 is 0 Å². The summed E-state index contributed by atoms with van der Waals surface area (Å²) in [5, 5.41) is 6.27. The van der Waals surface area contributed by atoms with Crippen molar-refractivity contribution in [2.24, 2.45) is 0 Å². The van der Waals surface area contributed by atoms with Gasteiger partial charge in [-0.15, -0.1) is 8.78 Å². The normalized spacial score (nSPS) is 15.3. The molecule has 0 spiro atoms. The Kier molecular flexibility index (Phi) is 3.51. The number of rotatable bonds is 3. The minimum Gasteiger partial charge on any atom is -0.395 e. The Morgan fingerprint density at radius 2 is 2.06 bits per heavy atom. The van der Waals surface area contributed by atoms with E-state index in [1.165, 1.54) is 12.1 Å². The molecular formula is C11H12F2N2O2S. The van der Waals surface area contributed by atoms with Crippen LogP contribution in [0.15, 0.2) is 18.2 Å². The van der Waals surface area contributed by atoms with Crippen LogP contribution < -0.4 is 20.1 Å². The lowest BCUT2D eigenvalue weighted by atomic mass is 10.3. The van der Waals surface area contributed by atoms with Gasteiger partial charge in [-0.05, 0) is 30.8 Å². The molecule has 2 rings (SSSR count). The first-order chi connectivity index (χ1) is 8.50. The van der Waals surface area contributed by atoms with Crippen molar-refractivity contribution in [3.63, 3.8) is 0 Å². The van der Waals surface area contributed by atoms with Gasteiger partial charge in [-0.3, -0.25) is 0 Å². The SMILES string of the molecule is CCCNC(=S)Nc1ccc2c(c1)OC(F)(F)O2. The fraction of sp³-hybridized carbons (Fsp3) is 0.364. The highest BCUT2D eigenvalue weighted by Gasteiger charge is 2.43. The second-order valence-electron chi connectivity index (χ2n) is 3.71. The van der Waals surface area contributed by atoms with E-state index in [1.54, 1.807) is 6.07 Å². The van der Waals surface area contributed by atoms with Crippen LogP contribution >= 0.6 is 12.2 Å². The van der Waals surface area contributed by atoms with E-state index in [-0.39, 0.29) is 11.5 Å². The van der Waals surface area contributed by atoms with E-state index < -0.39 is 6.29 Å². The van der Waals surface area contributed by atoms with Gasteiger partial charge in [0.05, 0.1) is 0 Å². The molecule has 0 amide bonds. The number of hydrogen-bond donors (Lipinski definition) is 2. The number of anilines is 1. The summed E-state index contributed by atoms with van der Waals surface area (Å²) in [6.07, 6.45) is -2.66. The summed E-state index contributed by atoms with van der Waals surface area (Å²) in [6, 6.07) is 4.40. The Morgan fingerprint density at radius 1 is 1.33 bits per heavy atom. The zero-order chi connectivity index (χ0) is 13.2. The fourth-order valence-electron chi connectivity index (χ4n) is 1.44. The number of nitrogens with one attached hydrogen (secondary N) is 2. The lowest BCUT2D eigenvalue weighted by Crippen LogP contribution is -2.28. The van der Waals surface area contributed by atoms with Crippen LogP contribution in [0.25, 0.3) is 0 Å². The van der Waals surface area contributed by atoms with Gasteiger partial charge in [0, 0.05) is 18.3 Å². The first-order valence-electron chi connectivity index (χ1n) is 5.45. The number of halogens is 2. The van der Waals surface area contributed by atoms with Crippen molar-refractivity contribution in [3.05, 3.63) is 18.2 Å². The molecule has 4 nitrogen and oxygen atoms in total. The van der Waals surface area contributed by atoms with Crippen LogP contribution in [0, 0.1) is 0 Å². The van der Waals surface area contributed by atoms with Gasteiger partial charge in [-0.1, -0.05) is 6.92 Å². The Balaban J connectivity index is 2.03. The Labute approximate surface area is 108 Å². The topological polar surface area (TPSA) is 42.5 Å². The van der Waals surface area contributed by atoms with Gasteiger partial charge in [-0.25, -0.2) is 0 Å². The number of hydrogen-bond acceptors (Lipinski definition) is 3. The molecule has 0 aromatic heterocycles. The second kappa shape index (κ2) is 4.93. The van der Waals surface area contributed by atoms with Crippen molar-refractivity contribution >= 4 is 23.0 Å². The van der Waals surface area contributed by atoms with Crippen LogP contribution in [0.4, 0.5) is 14.5 Å². The third-order valence-corrected chi connectivity index (χ3v) is 2.44. The van der Waals surface area contributed by atoms with Gasteiger partial charge >= 0.3 is 6.29 Å². The molecule has 0 atom stereocenters. The fourth-order valence-corrected chi connectivity index (χ4v) is 1.66. The molecule has 0 radical (unpaired) electrons. The zero-order valence-electron chi connectivity index (χ0n) is 9.63. The molecule has 1 heterocycles. The smallest absolute Gasteiger partial charge is 0.395 e. The molecule has 98 valence electrons. The van der Waals surface area contributed by atoms with Crippen molar-refractivity contribution < 1.29 is 18.3 Å². The number of ether oxygens (including phenoxy) is 2. The van der Waals surface area contributed by atoms with E-state index in [9.17, 15) is 8.78 Å². The van der Waals surface area contributed by atoms with Crippen LogP contribution in [0.3, 0.4) is 0 Å². The standard InChI is InChI=1S/C11H12F2N2O2S/c1-2-5-14-10(18)15-7-3-4-8-9(6-7)17-11(12,13)16-8/h3-4,6H,2,5H2,1H3,(H2,14,15,18). The molecular weight excluding hydrogens is 262 g/mol. The second-order valence-corrected chi connectivity index (χ2v) is 4.12. The predicted molar refractivity (Wildman–Crippen MR) is 67.2 cm³/mol. The van der Waals surface area contributed by atoms with Crippen molar-refractivity contribution in [1.29, 1.82) is 0 Å². The molecule has 0 saturated heterocycles. The monoisotopic (exact) mass is 274 g/mol. The summed E-state index contributed by atoms with van der Waals surface area (Å²) >= 11 is 5.03. The average molecular weight is 274 g/mol. The summed E-state index contributed by atoms with van der Waals surface area (Å²) in [6.45, 7) is 2.76. The molecule has 18 heavy (non-hydrogen) atoms. The van der Waals surface area contributed by atoms with Gasteiger partial charge in [0.15, 0.2) is 16.6 Å². The molecule has 0 unspecified atom stereocenters. The van der Waals surface area contributed by atoms with Crippen molar-refractivity contribution in [1.82, 2.24) is 5.32 Å². The van der Waals surface area contributed by atoms with E-state index in [2.05, 4.69) is 20.1 Å². The van der Waals surface area contributed by atoms with Gasteiger partial charge in [0.2, 0.25) is 0 Å². The number of alkyl halides is 2. The van der Waals surface area contributed by atoms with E-state index in [0.29, 0.717) is 10.8 Å². The van der Waals surface area contributed by atoms with Crippen LogP contribution in [0.5, 0.6) is 11.5 Å². The minimum absolute atomic E-state index is 0.0108. The lowest BCUT2D eigenvalue weighted by Gasteiger charge is -2.09. The summed E-state index contributed by atoms with van der Waals surface area (Å²) in [7, 11) is 0. The molecule has 0 aliphatic carbocycles. The Bertz CT molecular complexity index is 468. The maximum Gasteiger partial charge on any atom is 0.586 e. The lowest BCUT2D eigenvalue weighted by molar-refractivity contribution is -0.286. The van der Waals surface area contributed by atoms with E-state index in [4.69, 9.17) is 12.2 Å². The molecule has 0 saturated carbocycles. The maximum atomic E-state index is 12.8. The molecule has 1 aromatic rings. The quantitative estimate of drug-likeness (QED) is 0.830. The summed E-state index contributed by atoms with van der Waals surface area (Å²) < 4.78 is 34.2. The first kappa shape index (κ1) is 12.8. The van der Waals surface area contributed by atoms with Gasteiger partial charge in [0.1, 0.15) is 0 Å². The minimum atomic E-state index is -3.60. The molecule has 7 heteroatoms. The summed E-state index contributed by atoms with van der Waals surface area (Å²) in [5.74, 6) is 0.00118. The van der Waals surface area contributed by atoms with Crippen molar-refractivity contribution in [2.45, 2.75) is 19.6 Å². The molecule has 0 bridgehead atoms. The molecule has 1 aromatic carbocycles. The molecule has 1 aliphatic heterocycles. The highest BCUT2D eigenvalue weighted by atomic mass is 32.1. The largest absolute Gasteiger partial charge is 0.586 e. The van der Waals surface area contributed by atoms with Crippen molar-refractivity contribution in [3.8, 4) is 11.5 Å². The van der Waals surface area contributed by atoms with Crippen molar-refractivity contribution in [2.75, 3.05) is 11.9 Å². The van der Waals surface area contributed by atoms with Gasteiger partial charge in [0.25, 0.3) is 0 Å². The predicted octanol–water partition coefficient (Wildman–Crippen LogP) is 2.70. The highest BCUT2D eigenvalue weighted by molar-refractivity contribution is 7.80. The van der Waals surface area contributed by atoms with Crippen LogP contribution in [0.2, 0.25) is 0 Å². The first-order valence-corrected chi connectivity index (χ1v) is 5.86. The van der Waals surface area contributed by atoms with E-state index in [0.717, 1.165) is 13.0 Å². The third kappa shape index (κ3) is 2.98. The number of fused-ring (bicyclic) bond motifs is 1. The zero-order valence-corrected chi connectivity index (χ0v) is 10.4. The molecule has 1 aliphatic rings. The molecule has 2 N–H and O–H groups in total. The molecule has 0 fully saturated rings. The Hall–Kier alpha value is -1.63. The average Bonchev–Trinajstić information content (AvgIpc) is 2.59. The summed E-state index contributed by atoms with van der Waals surface area (Å²) in [4.78, 5) is 0.